The van der Waals surface area contributed by atoms with Crippen molar-refractivity contribution < 1.29 is 18.7 Å². The lowest BCUT2D eigenvalue weighted by Crippen LogP contribution is -2.35. The van der Waals surface area contributed by atoms with E-state index < -0.39 is 0 Å². The fraction of sp³-hybridized carbons (Fsp3) is 0.280. The van der Waals surface area contributed by atoms with Crippen LogP contribution in [0.15, 0.2) is 48.7 Å². The normalized spacial score (nSPS) is 14.4. The minimum absolute atomic E-state index is 0.126. The first kappa shape index (κ1) is 22.3. The van der Waals surface area contributed by atoms with Crippen molar-refractivity contribution in [2.75, 3.05) is 20.3 Å². The SMILES string of the molecule is COc1ccnc([C@H](C)N2CCOc3c(cc(CBr)cc3-c3ccc(F)cc3C)C2=O)c1. The fourth-order valence-corrected chi connectivity index (χ4v) is 4.35. The molecule has 0 N–H and O–H groups in total. The first-order valence-electron chi connectivity index (χ1n) is 10.4. The molecule has 7 heteroatoms. The molecule has 1 aliphatic rings. The molecule has 166 valence electrons. The van der Waals surface area contributed by atoms with Crippen LogP contribution in [0.5, 0.6) is 11.5 Å². The van der Waals surface area contributed by atoms with Gasteiger partial charge in [0.2, 0.25) is 0 Å². The summed E-state index contributed by atoms with van der Waals surface area (Å²) in [4.78, 5) is 19.9. The van der Waals surface area contributed by atoms with Crippen LogP contribution >= 0.6 is 15.9 Å². The Labute approximate surface area is 195 Å². The van der Waals surface area contributed by atoms with Gasteiger partial charge >= 0.3 is 0 Å². The van der Waals surface area contributed by atoms with Gasteiger partial charge < -0.3 is 14.4 Å². The van der Waals surface area contributed by atoms with Crippen LogP contribution in [0.3, 0.4) is 0 Å². The second-order valence-electron chi connectivity index (χ2n) is 7.76. The minimum Gasteiger partial charge on any atom is -0.497 e. The number of rotatable bonds is 5. The van der Waals surface area contributed by atoms with Crippen molar-refractivity contribution in [1.29, 1.82) is 0 Å². The number of alkyl halides is 1. The van der Waals surface area contributed by atoms with E-state index in [1.165, 1.54) is 12.1 Å². The number of carbonyl (C=O) groups is 1. The molecule has 0 radical (unpaired) electrons. The molecule has 0 bridgehead atoms. The summed E-state index contributed by atoms with van der Waals surface area (Å²) >= 11 is 3.51. The number of hydrogen-bond acceptors (Lipinski definition) is 4. The molecule has 3 aromatic rings. The second-order valence-corrected chi connectivity index (χ2v) is 8.32. The van der Waals surface area contributed by atoms with Gasteiger partial charge in [-0.15, -0.1) is 0 Å². The number of methoxy groups -OCH3 is 1. The first-order chi connectivity index (χ1) is 15.4. The van der Waals surface area contributed by atoms with E-state index in [0.717, 1.165) is 27.9 Å². The van der Waals surface area contributed by atoms with Crippen LogP contribution in [0.2, 0.25) is 0 Å². The Morgan fingerprint density at radius 3 is 2.69 bits per heavy atom. The van der Waals surface area contributed by atoms with Crippen LogP contribution < -0.4 is 9.47 Å². The van der Waals surface area contributed by atoms with Crippen LogP contribution in [0.4, 0.5) is 4.39 Å². The van der Waals surface area contributed by atoms with E-state index in [1.54, 1.807) is 30.3 Å². The molecule has 1 aliphatic heterocycles. The highest BCUT2D eigenvalue weighted by molar-refractivity contribution is 9.08. The van der Waals surface area contributed by atoms with Gasteiger partial charge in [0.25, 0.3) is 5.91 Å². The second kappa shape index (κ2) is 9.28. The van der Waals surface area contributed by atoms with Crippen LogP contribution in [-0.2, 0) is 5.33 Å². The highest BCUT2D eigenvalue weighted by Gasteiger charge is 2.31. The average molecular weight is 499 g/mol. The Kier molecular flexibility index (Phi) is 6.46. The standard InChI is InChI=1S/C25H24BrFN2O3/c1-15-10-18(27)4-5-20(15)21-11-17(14-26)12-22-24(21)32-9-8-29(25(22)30)16(2)23-13-19(31-3)6-7-28-23/h4-7,10-13,16H,8-9,14H2,1-3H3/t16-/m0/s1. The van der Waals surface area contributed by atoms with Gasteiger partial charge in [0, 0.05) is 23.2 Å². The number of aromatic nitrogens is 1. The van der Waals surface area contributed by atoms with Crippen LogP contribution in [0.25, 0.3) is 11.1 Å². The molecule has 0 aliphatic carbocycles. The maximum atomic E-state index is 13.7. The van der Waals surface area contributed by atoms with Crippen molar-refractivity contribution in [3.8, 4) is 22.6 Å². The Balaban J connectivity index is 1.80. The Morgan fingerprint density at radius 2 is 1.97 bits per heavy atom. The zero-order valence-electron chi connectivity index (χ0n) is 18.2. The molecule has 2 heterocycles. The predicted octanol–water partition coefficient (Wildman–Crippen LogP) is 5.70. The smallest absolute Gasteiger partial charge is 0.258 e. The number of fused-ring (bicyclic) bond motifs is 1. The Bertz CT molecular complexity index is 1170. The Hall–Kier alpha value is -2.93. The quantitative estimate of drug-likeness (QED) is 0.423. The topological polar surface area (TPSA) is 51.7 Å². The summed E-state index contributed by atoms with van der Waals surface area (Å²) in [6.45, 7) is 4.56. The molecule has 2 aromatic carbocycles. The molecular formula is C25H24BrFN2O3. The highest BCUT2D eigenvalue weighted by atomic mass is 79.9. The number of amides is 1. The van der Waals surface area contributed by atoms with Gasteiger partial charge in [-0.25, -0.2) is 4.39 Å². The molecule has 0 saturated heterocycles. The monoisotopic (exact) mass is 498 g/mol. The van der Waals surface area contributed by atoms with Gasteiger partial charge in [-0.1, -0.05) is 22.0 Å². The molecule has 1 atom stereocenters. The number of halogens is 2. The number of hydrogen-bond donors (Lipinski definition) is 0. The largest absolute Gasteiger partial charge is 0.497 e. The molecule has 5 nitrogen and oxygen atoms in total. The molecule has 0 saturated carbocycles. The van der Waals surface area contributed by atoms with Crippen molar-refractivity contribution in [1.82, 2.24) is 9.88 Å². The third-order valence-electron chi connectivity index (χ3n) is 5.74. The molecule has 0 spiro atoms. The summed E-state index contributed by atoms with van der Waals surface area (Å²) in [5, 5.41) is 0.577. The van der Waals surface area contributed by atoms with Gasteiger partial charge in [-0.2, -0.15) is 0 Å². The number of carbonyl (C=O) groups excluding carboxylic acids is 1. The molecule has 32 heavy (non-hydrogen) atoms. The zero-order valence-corrected chi connectivity index (χ0v) is 19.8. The molecule has 1 amide bonds. The predicted molar refractivity (Wildman–Crippen MR) is 125 cm³/mol. The first-order valence-corrected chi connectivity index (χ1v) is 11.5. The molecule has 4 rings (SSSR count). The number of aryl methyl sites for hydroxylation is 1. The van der Waals surface area contributed by atoms with E-state index in [1.807, 2.05) is 32.0 Å². The number of ether oxygens (including phenoxy) is 2. The highest BCUT2D eigenvalue weighted by Crippen LogP contribution is 2.40. The van der Waals surface area contributed by atoms with Crippen molar-refractivity contribution in [2.45, 2.75) is 25.2 Å². The van der Waals surface area contributed by atoms with Crippen molar-refractivity contribution >= 4 is 21.8 Å². The molecule has 0 unspecified atom stereocenters. The summed E-state index contributed by atoms with van der Waals surface area (Å²) < 4.78 is 25.2. The third-order valence-corrected chi connectivity index (χ3v) is 6.38. The molecule has 1 aromatic heterocycles. The van der Waals surface area contributed by atoms with Crippen molar-refractivity contribution in [3.63, 3.8) is 0 Å². The van der Waals surface area contributed by atoms with Crippen LogP contribution in [0.1, 0.15) is 40.1 Å². The summed E-state index contributed by atoms with van der Waals surface area (Å²) in [5.41, 5.74) is 4.59. The van der Waals surface area contributed by atoms with Gasteiger partial charge in [0.1, 0.15) is 23.9 Å². The van der Waals surface area contributed by atoms with E-state index in [2.05, 4.69) is 20.9 Å². The Morgan fingerprint density at radius 1 is 1.19 bits per heavy atom. The third kappa shape index (κ3) is 4.21. The summed E-state index contributed by atoms with van der Waals surface area (Å²) in [6.07, 6.45) is 1.68. The summed E-state index contributed by atoms with van der Waals surface area (Å²) in [5.74, 6) is 0.800. The van der Waals surface area contributed by atoms with E-state index in [4.69, 9.17) is 9.47 Å². The van der Waals surface area contributed by atoms with E-state index >= 15 is 0 Å². The summed E-state index contributed by atoms with van der Waals surface area (Å²) in [6, 6.07) is 11.8. The zero-order chi connectivity index (χ0) is 22.8. The van der Waals surface area contributed by atoms with Crippen molar-refractivity contribution in [3.05, 3.63) is 76.9 Å². The fourth-order valence-electron chi connectivity index (χ4n) is 4.02. The van der Waals surface area contributed by atoms with Crippen LogP contribution in [0, 0.1) is 12.7 Å². The van der Waals surface area contributed by atoms with Crippen LogP contribution in [-0.4, -0.2) is 36.1 Å². The lowest BCUT2D eigenvalue weighted by Gasteiger charge is -2.27. The minimum atomic E-state index is -0.295. The van der Waals surface area contributed by atoms with Gasteiger partial charge in [0.05, 0.1) is 31.0 Å². The number of benzene rings is 2. The number of pyridine rings is 1. The van der Waals surface area contributed by atoms with Gasteiger partial charge in [0.15, 0.2) is 0 Å². The lowest BCUT2D eigenvalue weighted by molar-refractivity contribution is 0.0684. The maximum Gasteiger partial charge on any atom is 0.258 e. The average Bonchev–Trinajstić information content (AvgIpc) is 2.97. The van der Waals surface area contributed by atoms with Gasteiger partial charge in [-0.05, 0) is 60.9 Å². The maximum absolute atomic E-state index is 13.7. The number of nitrogens with zero attached hydrogens (tertiary/aromatic N) is 2. The summed E-state index contributed by atoms with van der Waals surface area (Å²) in [7, 11) is 1.60. The van der Waals surface area contributed by atoms with Gasteiger partial charge in [-0.3, -0.25) is 9.78 Å². The van der Waals surface area contributed by atoms with E-state index in [-0.39, 0.29) is 17.8 Å². The lowest BCUT2D eigenvalue weighted by atomic mass is 9.94. The van der Waals surface area contributed by atoms with E-state index in [9.17, 15) is 9.18 Å². The van der Waals surface area contributed by atoms with E-state index in [0.29, 0.717) is 35.5 Å². The molecular weight excluding hydrogens is 475 g/mol. The van der Waals surface area contributed by atoms with Crippen molar-refractivity contribution in [2.24, 2.45) is 0 Å². The molecule has 0 fully saturated rings.